The van der Waals surface area contributed by atoms with E-state index in [4.69, 9.17) is 0 Å². The predicted octanol–water partition coefficient (Wildman–Crippen LogP) is 5.00. The highest BCUT2D eigenvalue weighted by Gasteiger charge is 2.33. The second-order valence-electron chi connectivity index (χ2n) is 12.3. The molecule has 5 heterocycles. The molecule has 5 amide bonds. The number of aryl methyl sites for hydroxylation is 2. The molecule has 0 bridgehead atoms. The molecular weight excluding hydrogens is 703 g/mol. The molecule has 1 saturated heterocycles. The van der Waals surface area contributed by atoms with Gasteiger partial charge in [0, 0.05) is 56.3 Å². The molecule has 1 unspecified atom stereocenters. The van der Waals surface area contributed by atoms with E-state index in [-0.39, 0.29) is 41.6 Å². The molecule has 6 rings (SSSR count). The number of aromatic nitrogens is 8. The number of amides is 5. The zero-order valence-corrected chi connectivity index (χ0v) is 30.9. The minimum atomic E-state index is -0.515. The summed E-state index contributed by atoms with van der Waals surface area (Å²) in [7, 11) is 5.50. The van der Waals surface area contributed by atoms with Gasteiger partial charge in [-0.2, -0.15) is 0 Å². The Hall–Kier alpha value is -5.49. The highest BCUT2D eigenvalue weighted by atomic mass is 32.2. The van der Waals surface area contributed by atoms with E-state index in [1.54, 1.807) is 66.6 Å². The fourth-order valence-electron chi connectivity index (χ4n) is 5.55. The Morgan fingerprint density at radius 3 is 2.21 bits per heavy atom. The van der Waals surface area contributed by atoms with Crippen LogP contribution in [-0.2, 0) is 25.3 Å². The standard InChI is InChI=1S/C34H39N13O3S2/c1-21(51-33-42-37-19-44(33)3)23-8-6-10-26(14-23)39-32(50)47-17-27(46(5)29(48)18-47)15-25-9-7-12-36-30(25)41-31(49)40-28-16-24(11-13-35-28)22(2)52-34-43-38-20-45(34)4/h6-14,16,19-22,27H,15,17-18H2,1-5H3,(H,39,50)(H2,35,36,40,41,49)/t21-,22-,27?/m0/s1. The van der Waals surface area contributed by atoms with Crippen LogP contribution in [0.15, 0.2) is 83.9 Å². The first-order valence-corrected chi connectivity index (χ1v) is 18.2. The minimum absolute atomic E-state index is 0.0299. The first-order chi connectivity index (χ1) is 25.0. The topological polar surface area (TPSA) is 181 Å². The summed E-state index contributed by atoms with van der Waals surface area (Å²) in [4.78, 5) is 51.6. The van der Waals surface area contributed by atoms with Crippen molar-refractivity contribution in [3.8, 4) is 0 Å². The Labute approximate surface area is 309 Å². The Balaban J connectivity index is 1.07. The van der Waals surface area contributed by atoms with Crippen LogP contribution in [0.1, 0.15) is 41.0 Å². The molecule has 18 heteroatoms. The highest BCUT2D eigenvalue weighted by Crippen LogP contribution is 2.35. The number of nitrogens with one attached hydrogen (secondary N) is 3. The van der Waals surface area contributed by atoms with E-state index in [9.17, 15) is 14.4 Å². The van der Waals surface area contributed by atoms with E-state index in [2.05, 4.69) is 53.2 Å². The first-order valence-electron chi connectivity index (χ1n) is 16.4. The molecule has 5 aromatic rings. The Morgan fingerprint density at radius 1 is 0.846 bits per heavy atom. The van der Waals surface area contributed by atoms with Crippen LogP contribution in [0.4, 0.5) is 26.9 Å². The van der Waals surface area contributed by atoms with Crippen LogP contribution in [0.5, 0.6) is 0 Å². The van der Waals surface area contributed by atoms with E-state index in [0.717, 1.165) is 21.4 Å². The van der Waals surface area contributed by atoms with E-state index in [1.165, 1.54) is 4.90 Å². The summed E-state index contributed by atoms with van der Waals surface area (Å²) >= 11 is 3.11. The maximum absolute atomic E-state index is 13.5. The molecule has 52 heavy (non-hydrogen) atoms. The highest BCUT2D eigenvalue weighted by molar-refractivity contribution is 7.99. The summed E-state index contributed by atoms with van der Waals surface area (Å²) in [6, 6.07) is 13.7. The van der Waals surface area contributed by atoms with Crippen LogP contribution >= 0.6 is 23.5 Å². The second kappa shape index (κ2) is 16.2. The summed E-state index contributed by atoms with van der Waals surface area (Å²) in [5.74, 6) is 0.527. The SMILES string of the molecule is C[C@H](Sc1nncn1C)c1cccc(NC(=O)N2CC(=O)N(C)C(Cc3cccnc3NC(=O)Nc3cc([C@H](C)Sc4nncn4C)ccn3)C2)c1. The number of hydrogen-bond acceptors (Lipinski definition) is 11. The number of carbonyl (C=O) groups is 3. The lowest BCUT2D eigenvalue weighted by atomic mass is 10.0. The van der Waals surface area contributed by atoms with Crippen molar-refractivity contribution in [2.45, 2.75) is 47.1 Å². The van der Waals surface area contributed by atoms with Crippen molar-refractivity contribution in [2.24, 2.45) is 14.1 Å². The van der Waals surface area contributed by atoms with Gasteiger partial charge in [-0.25, -0.2) is 19.6 Å². The number of carbonyl (C=O) groups excluding carboxylic acids is 3. The van der Waals surface area contributed by atoms with Crippen molar-refractivity contribution in [2.75, 3.05) is 36.1 Å². The third kappa shape index (κ3) is 8.86. The summed E-state index contributed by atoms with van der Waals surface area (Å²) < 4.78 is 3.70. The van der Waals surface area contributed by atoms with Crippen LogP contribution in [-0.4, -0.2) is 93.4 Å². The molecule has 3 atom stereocenters. The van der Waals surface area contributed by atoms with Crippen molar-refractivity contribution in [1.82, 2.24) is 49.3 Å². The van der Waals surface area contributed by atoms with Gasteiger partial charge in [0.15, 0.2) is 10.3 Å². The molecule has 1 aliphatic rings. The van der Waals surface area contributed by atoms with Gasteiger partial charge in [-0.1, -0.05) is 41.7 Å². The van der Waals surface area contributed by atoms with Crippen molar-refractivity contribution in [1.29, 1.82) is 0 Å². The smallest absolute Gasteiger partial charge is 0.326 e. The average Bonchev–Trinajstić information content (AvgIpc) is 3.73. The maximum atomic E-state index is 13.5. The molecule has 1 aliphatic heterocycles. The molecule has 0 radical (unpaired) electrons. The van der Waals surface area contributed by atoms with Crippen LogP contribution in [0.3, 0.4) is 0 Å². The van der Waals surface area contributed by atoms with Gasteiger partial charge in [0.1, 0.15) is 30.8 Å². The van der Waals surface area contributed by atoms with E-state index < -0.39 is 6.03 Å². The molecule has 1 aromatic carbocycles. The molecule has 3 N–H and O–H groups in total. The normalized spacial score (nSPS) is 15.6. The fraction of sp³-hybridized carbons (Fsp3) is 0.324. The zero-order valence-electron chi connectivity index (χ0n) is 29.3. The quantitative estimate of drug-likeness (QED) is 0.155. The first kappa shape index (κ1) is 36.3. The third-order valence-corrected chi connectivity index (χ3v) is 11.0. The Morgan fingerprint density at radius 2 is 1.54 bits per heavy atom. The third-order valence-electron chi connectivity index (χ3n) is 8.57. The van der Waals surface area contributed by atoms with Crippen LogP contribution in [0, 0.1) is 0 Å². The average molecular weight is 742 g/mol. The molecule has 4 aromatic heterocycles. The molecule has 16 nitrogen and oxygen atoms in total. The molecule has 1 fully saturated rings. The lowest BCUT2D eigenvalue weighted by Crippen LogP contribution is -2.57. The van der Waals surface area contributed by atoms with Gasteiger partial charge in [-0.15, -0.1) is 20.4 Å². The van der Waals surface area contributed by atoms with Gasteiger partial charge in [0.2, 0.25) is 5.91 Å². The van der Waals surface area contributed by atoms with Gasteiger partial charge < -0.3 is 24.3 Å². The van der Waals surface area contributed by atoms with Gasteiger partial charge in [0.25, 0.3) is 0 Å². The van der Waals surface area contributed by atoms with E-state index in [0.29, 0.717) is 29.3 Å². The van der Waals surface area contributed by atoms with E-state index in [1.807, 2.05) is 72.6 Å². The van der Waals surface area contributed by atoms with Crippen molar-refractivity contribution in [3.63, 3.8) is 0 Å². The molecule has 270 valence electrons. The predicted molar refractivity (Wildman–Crippen MR) is 199 cm³/mol. The van der Waals surface area contributed by atoms with Gasteiger partial charge in [0.05, 0.1) is 6.04 Å². The molecule has 0 spiro atoms. The number of urea groups is 2. The number of likely N-dealkylation sites (N-methyl/N-ethyl adjacent to an activating group) is 1. The number of hydrogen-bond donors (Lipinski definition) is 3. The summed E-state index contributed by atoms with van der Waals surface area (Å²) in [5, 5.41) is 26.4. The monoisotopic (exact) mass is 741 g/mol. The number of anilines is 3. The number of piperazine rings is 1. The maximum Gasteiger partial charge on any atom is 0.326 e. The number of thioether (sulfide) groups is 2. The number of pyridine rings is 2. The molecule has 0 aliphatic carbocycles. The zero-order chi connectivity index (χ0) is 36.8. The number of nitrogens with zero attached hydrogens (tertiary/aromatic N) is 10. The van der Waals surface area contributed by atoms with Gasteiger partial charge >= 0.3 is 12.1 Å². The number of rotatable bonds is 11. The summed E-state index contributed by atoms with van der Waals surface area (Å²) in [5.41, 5.74) is 3.30. The summed E-state index contributed by atoms with van der Waals surface area (Å²) in [6.45, 7) is 4.33. The fourth-order valence-corrected chi connectivity index (χ4v) is 7.36. The van der Waals surface area contributed by atoms with Gasteiger partial charge in [-0.05, 0) is 67.3 Å². The largest absolute Gasteiger partial charge is 0.339 e. The molecular formula is C34H39N13O3S2. The van der Waals surface area contributed by atoms with Crippen LogP contribution in [0.2, 0.25) is 0 Å². The van der Waals surface area contributed by atoms with Crippen LogP contribution < -0.4 is 16.0 Å². The Kier molecular flexibility index (Phi) is 11.3. The lowest BCUT2D eigenvalue weighted by molar-refractivity contribution is -0.136. The Bertz CT molecular complexity index is 2050. The van der Waals surface area contributed by atoms with Crippen LogP contribution in [0.25, 0.3) is 0 Å². The van der Waals surface area contributed by atoms with Crippen molar-refractivity contribution in [3.05, 3.63) is 90.3 Å². The molecule has 0 saturated carbocycles. The van der Waals surface area contributed by atoms with Gasteiger partial charge in [-0.3, -0.25) is 15.4 Å². The van der Waals surface area contributed by atoms with Crippen molar-refractivity contribution >= 4 is 58.8 Å². The van der Waals surface area contributed by atoms with Crippen molar-refractivity contribution < 1.29 is 14.4 Å². The number of benzene rings is 1. The van der Waals surface area contributed by atoms with E-state index >= 15 is 0 Å². The lowest BCUT2D eigenvalue weighted by Gasteiger charge is -2.39. The minimum Gasteiger partial charge on any atom is -0.339 e. The summed E-state index contributed by atoms with van der Waals surface area (Å²) in [6.07, 6.45) is 6.88. The second-order valence-corrected chi connectivity index (χ2v) is 14.9.